The fourth-order valence-corrected chi connectivity index (χ4v) is 3.17. The van der Waals surface area contributed by atoms with Crippen LogP contribution < -0.4 is 5.32 Å². The molecule has 0 unspecified atom stereocenters. The van der Waals surface area contributed by atoms with Crippen LogP contribution in [-0.4, -0.2) is 5.91 Å². The first-order valence-electron chi connectivity index (χ1n) is 4.76. The van der Waals surface area contributed by atoms with E-state index in [4.69, 9.17) is 0 Å². The number of amides is 1. The number of thiophene rings is 2. The van der Waals surface area contributed by atoms with Crippen molar-refractivity contribution in [1.82, 2.24) is 5.32 Å². The van der Waals surface area contributed by atoms with Crippen LogP contribution in [0.1, 0.15) is 19.4 Å². The summed E-state index contributed by atoms with van der Waals surface area (Å²) in [4.78, 5) is 15.7. The van der Waals surface area contributed by atoms with Crippen LogP contribution in [0.5, 0.6) is 0 Å². The van der Waals surface area contributed by atoms with Crippen LogP contribution in [0.2, 0.25) is 0 Å². The Hall–Kier alpha value is -0.780. The van der Waals surface area contributed by atoms with Crippen LogP contribution in [0.4, 0.5) is 0 Å². The molecule has 16 heavy (non-hydrogen) atoms. The largest absolute Gasteiger partial charge is 0.346 e. The van der Waals surface area contributed by atoms with Crippen molar-refractivity contribution >= 4 is 41.2 Å². The second-order valence-corrected chi connectivity index (χ2v) is 6.16. The van der Waals surface area contributed by atoms with E-state index in [2.05, 4.69) is 30.9 Å². The van der Waals surface area contributed by atoms with Crippen molar-refractivity contribution in [2.75, 3.05) is 0 Å². The van der Waals surface area contributed by atoms with Crippen LogP contribution in [0.25, 0.3) is 0 Å². The third-order valence-electron chi connectivity index (χ3n) is 2.03. The standard InChI is InChI=1S/C11H11NOS3/c1-7-2-3-9(16-7)5-12-11(13)10-4-8(14)6-15-10/h2-4,6,14H,5H2,1H3,(H,12,13). The molecule has 2 heterocycles. The number of hydrogen-bond donors (Lipinski definition) is 2. The summed E-state index contributed by atoms with van der Waals surface area (Å²) < 4.78 is 0. The Bertz CT molecular complexity index is 501. The van der Waals surface area contributed by atoms with Crippen molar-refractivity contribution in [3.05, 3.63) is 38.2 Å². The highest BCUT2D eigenvalue weighted by Gasteiger charge is 2.07. The molecule has 84 valence electrons. The Labute approximate surface area is 108 Å². The van der Waals surface area contributed by atoms with Gasteiger partial charge in [0, 0.05) is 20.0 Å². The van der Waals surface area contributed by atoms with E-state index in [-0.39, 0.29) is 5.91 Å². The van der Waals surface area contributed by atoms with Gasteiger partial charge in [0.25, 0.3) is 5.91 Å². The molecule has 0 spiro atoms. The topological polar surface area (TPSA) is 29.1 Å². The molecule has 2 nitrogen and oxygen atoms in total. The molecule has 1 N–H and O–H groups in total. The van der Waals surface area contributed by atoms with E-state index in [9.17, 15) is 4.79 Å². The van der Waals surface area contributed by atoms with Crippen molar-refractivity contribution in [3.8, 4) is 0 Å². The third kappa shape index (κ3) is 2.87. The molecule has 5 heteroatoms. The van der Waals surface area contributed by atoms with Crippen molar-refractivity contribution in [1.29, 1.82) is 0 Å². The number of carbonyl (C=O) groups excluding carboxylic acids is 1. The Balaban J connectivity index is 1.93. The Morgan fingerprint density at radius 3 is 2.88 bits per heavy atom. The lowest BCUT2D eigenvalue weighted by Gasteiger charge is -2.00. The predicted octanol–water partition coefficient (Wildman–Crippen LogP) is 3.34. The van der Waals surface area contributed by atoms with Gasteiger partial charge in [-0.2, -0.15) is 0 Å². The molecule has 1 amide bonds. The zero-order valence-electron chi connectivity index (χ0n) is 8.69. The summed E-state index contributed by atoms with van der Waals surface area (Å²) in [5.41, 5.74) is 0. The summed E-state index contributed by atoms with van der Waals surface area (Å²) in [6, 6.07) is 5.88. The van der Waals surface area contributed by atoms with Gasteiger partial charge in [0.1, 0.15) is 0 Å². The Morgan fingerprint density at radius 1 is 1.50 bits per heavy atom. The number of hydrogen-bond acceptors (Lipinski definition) is 4. The molecule has 0 aliphatic rings. The minimum Gasteiger partial charge on any atom is -0.346 e. The highest BCUT2D eigenvalue weighted by molar-refractivity contribution is 7.80. The van der Waals surface area contributed by atoms with Crippen molar-refractivity contribution in [2.45, 2.75) is 18.4 Å². The maximum Gasteiger partial charge on any atom is 0.261 e. The zero-order valence-corrected chi connectivity index (χ0v) is 11.2. The quantitative estimate of drug-likeness (QED) is 0.822. The summed E-state index contributed by atoms with van der Waals surface area (Å²) >= 11 is 7.29. The number of rotatable bonds is 3. The van der Waals surface area contributed by atoms with Crippen LogP contribution in [-0.2, 0) is 6.54 Å². The number of aryl methyl sites for hydroxylation is 1. The van der Waals surface area contributed by atoms with E-state index in [1.54, 1.807) is 17.4 Å². The number of carbonyl (C=O) groups is 1. The minimum absolute atomic E-state index is 0.0312. The molecule has 0 saturated heterocycles. The summed E-state index contributed by atoms with van der Waals surface area (Å²) in [5, 5.41) is 4.74. The maximum atomic E-state index is 11.7. The normalized spacial score (nSPS) is 10.4. The molecule has 2 aromatic rings. The van der Waals surface area contributed by atoms with E-state index < -0.39 is 0 Å². The monoisotopic (exact) mass is 269 g/mol. The number of nitrogens with one attached hydrogen (secondary N) is 1. The molecule has 2 aromatic heterocycles. The second kappa shape index (κ2) is 5.03. The first-order valence-corrected chi connectivity index (χ1v) is 6.90. The van der Waals surface area contributed by atoms with E-state index in [1.165, 1.54) is 21.1 Å². The predicted molar refractivity (Wildman–Crippen MR) is 71.8 cm³/mol. The van der Waals surface area contributed by atoms with Gasteiger partial charge < -0.3 is 5.32 Å². The molecule has 0 aliphatic heterocycles. The van der Waals surface area contributed by atoms with Crippen LogP contribution >= 0.6 is 35.3 Å². The van der Waals surface area contributed by atoms with E-state index in [0.717, 1.165) is 4.90 Å². The molecule has 0 saturated carbocycles. The van der Waals surface area contributed by atoms with E-state index in [1.807, 2.05) is 11.4 Å². The van der Waals surface area contributed by atoms with Gasteiger partial charge >= 0.3 is 0 Å². The first kappa shape index (κ1) is 11.7. The summed E-state index contributed by atoms with van der Waals surface area (Å²) in [7, 11) is 0. The minimum atomic E-state index is -0.0312. The lowest BCUT2D eigenvalue weighted by Crippen LogP contribution is -2.21. The van der Waals surface area contributed by atoms with Gasteiger partial charge in [0.05, 0.1) is 11.4 Å². The fraction of sp³-hybridized carbons (Fsp3) is 0.182. The first-order chi connectivity index (χ1) is 7.65. The van der Waals surface area contributed by atoms with Gasteiger partial charge in [-0.25, -0.2) is 0 Å². The van der Waals surface area contributed by atoms with Gasteiger partial charge in [-0.15, -0.1) is 35.3 Å². The average Bonchev–Trinajstić information content (AvgIpc) is 2.84. The lowest BCUT2D eigenvalue weighted by atomic mass is 10.4. The molecule has 0 fully saturated rings. The Morgan fingerprint density at radius 2 is 2.31 bits per heavy atom. The third-order valence-corrected chi connectivity index (χ3v) is 4.39. The van der Waals surface area contributed by atoms with Gasteiger partial charge in [0.15, 0.2) is 0 Å². The smallest absolute Gasteiger partial charge is 0.261 e. The fourth-order valence-electron chi connectivity index (χ4n) is 1.28. The summed E-state index contributed by atoms with van der Waals surface area (Å²) in [5.74, 6) is -0.0312. The van der Waals surface area contributed by atoms with Crippen LogP contribution in [0.15, 0.2) is 28.5 Å². The van der Waals surface area contributed by atoms with Crippen LogP contribution in [0.3, 0.4) is 0 Å². The highest BCUT2D eigenvalue weighted by atomic mass is 32.1. The van der Waals surface area contributed by atoms with Gasteiger partial charge in [0.2, 0.25) is 0 Å². The van der Waals surface area contributed by atoms with Gasteiger partial charge in [-0.05, 0) is 25.1 Å². The second-order valence-electron chi connectivity index (χ2n) is 3.36. The summed E-state index contributed by atoms with van der Waals surface area (Å²) in [6.07, 6.45) is 0. The molecular formula is C11H11NOS3. The molecule has 2 rings (SSSR count). The van der Waals surface area contributed by atoms with Crippen molar-refractivity contribution in [3.63, 3.8) is 0 Å². The Kier molecular flexibility index (Phi) is 3.68. The molecule has 0 bridgehead atoms. The molecular weight excluding hydrogens is 258 g/mol. The SMILES string of the molecule is Cc1ccc(CNC(=O)c2cc(S)cs2)s1. The molecule has 0 radical (unpaired) electrons. The maximum absolute atomic E-state index is 11.7. The van der Waals surface area contributed by atoms with Crippen molar-refractivity contribution < 1.29 is 4.79 Å². The molecule has 0 atom stereocenters. The van der Waals surface area contributed by atoms with E-state index in [0.29, 0.717) is 11.4 Å². The summed E-state index contributed by atoms with van der Waals surface area (Å²) in [6.45, 7) is 2.65. The van der Waals surface area contributed by atoms with Crippen LogP contribution in [0, 0.1) is 6.92 Å². The van der Waals surface area contributed by atoms with E-state index >= 15 is 0 Å². The van der Waals surface area contributed by atoms with Gasteiger partial charge in [-0.3, -0.25) is 4.79 Å². The molecule has 0 aliphatic carbocycles. The average molecular weight is 269 g/mol. The lowest BCUT2D eigenvalue weighted by molar-refractivity contribution is 0.0955. The van der Waals surface area contributed by atoms with Gasteiger partial charge in [-0.1, -0.05) is 0 Å². The zero-order chi connectivity index (χ0) is 11.5. The number of thiol groups is 1. The molecule has 0 aromatic carbocycles. The highest BCUT2D eigenvalue weighted by Crippen LogP contribution is 2.18. The van der Waals surface area contributed by atoms with Crippen molar-refractivity contribution in [2.24, 2.45) is 0 Å².